The number of aliphatic hydroxyl groups excluding tert-OH is 1. The van der Waals surface area contributed by atoms with Crippen molar-refractivity contribution in [3.8, 4) is 16.9 Å². The summed E-state index contributed by atoms with van der Waals surface area (Å²) in [6, 6.07) is 15.1. The fourth-order valence-electron chi connectivity index (χ4n) is 3.02. The number of hydrogen-bond acceptors (Lipinski definition) is 3. The first-order chi connectivity index (χ1) is 11.5. The first-order valence-electron chi connectivity index (χ1n) is 8.80. The van der Waals surface area contributed by atoms with Gasteiger partial charge in [-0.1, -0.05) is 44.2 Å². The Hall–Kier alpha value is -1.84. The molecule has 2 aromatic rings. The van der Waals surface area contributed by atoms with Crippen molar-refractivity contribution in [1.29, 1.82) is 0 Å². The average molecular weight is 325 g/mol. The average Bonchev–Trinajstić information content (AvgIpc) is 2.94. The standard InChI is InChI=1S/C21H27NO2/c1-14(2)20(23)13-22-12-16-4-6-17(7-5-16)18-8-9-21-19(11-18)10-15(3)24-21/h4-9,11,14-15,20,22-23H,10,12-13H2,1-3H3. The second-order valence-corrected chi connectivity index (χ2v) is 7.09. The highest BCUT2D eigenvalue weighted by Gasteiger charge is 2.19. The molecular weight excluding hydrogens is 298 g/mol. The molecule has 1 aliphatic heterocycles. The maximum atomic E-state index is 9.82. The van der Waals surface area contributed by atoms with E-state index in [-0.39, 0.29) is 18.1 Å². The zero-order valence-corrected chi connectivity index (χ0v) is 14.8. The highest BCUT2D eigenvalue weighted by atomic mass is 16.5. The minimum absolute atomic E-state index is 0.282. The lowest BCUT2D eigenvalue weighted by Crippen LogP contribution is -2.30. The van der Waals surface area contributed by atoms with Crippen LogP contribution < -0.4 is 10.1 Å². The number of rotatable bonds is 6. The molecule has 3 heteroatoms. The van der Waals surface area contributed by atoms with Gasteiger partial charge < -0.3 is 15.2 Å². The summed E-state index contributed by atoms with van der Waals surface area (Å²) < 4.78 is 5.77. The van der Waals surface area contributed by atoms with Gasteiger partial charge in [-0.15, -0.1) is 0 Å². The Labute approximate surface area is 144 Å². The Morgan fingerprint density at radius 3 is 2.54 bits per heavy atom. The molecule has 3 nitrogen and oxygen atoms in total. The molecule has 2 unspecified atom stereocenters. The topological polar surface area (TPSA) is 41.5 Å². The van der Waals surface area contributed by atoms with Crippen LogP contribution in [0.2, 0.25) is 0 Å². The SMILES string of the molecule is CC1Cc2cc(-c3ccc(CNCC(O)C(C)C)cc3)ccc2O1. The van der Waals surface area contributed by atoms with Gasteiger partial charge in [0.05, 0.1) is 6.10 Å². The summed E-state index contributed by atoms with van der Waals surface area (Å²) in [4.78, 5) is 0. The number of aliphatic hydroxyl groups is 1. The van der Waals surface area contributed by atoms with Crippen LogP contribution in [-0.4, -0.2) is 23.9 Å². The summed E-state index contributed by atoms with van der Waals surface area (Å²) in [5, 5.41) is 13.1. The fourth-order valence-corrected chi connectivity index (χ4v) is 3.02. The molecule has 2 aromatic carbocycles. The minimum Gasteiger partial charge on any atom is -0.490 e. The Morgan fingerprint density at radius 2 is 1.83 bits per heavy atom. The maximum absolute atomic E-state index is 9.82. The maximum Gasteiger partial charge on any atom is 0.123 e. The van der Waals surface area contributed by atoms with Crippen molar-refractivity contribution in [2.75, 3.05) is 6.54 Å². The molecule has 1 heterocycles. The van der Waals surface area contributed by atoms with Crippen LogP contribution in [0.5, 0.6) is 5.75 Å². The van der Waals surface area contributed by atoms with E-state index < -0.39 is 0 Å². The summed E-state index contributed by atoms with van der Waals surface area (Å²) in [6.07, 6.45) is 0.980. The van der Waals surface area contributed by atoms with Gasteiger partial charge in [-0.3, -0.25) is 0 Å². The van der Waals surface area contributed by atoms with Crippen molar-refractivity contribution in [2.24, 2.45) is 5.92 Å². The molecule has 128 valence electrons. The van der Waals surface area contributed by atoms with E-state index in [0.717, 1.165) is 18.7 Å². The third-order valence-electron chi connectivity index (χ3n) is 4.64. The smallest absolute Gasteiger partial charge is 0.123 e. The third kappa shape index (κ3) is 3.97. The second kappa shape index (κ2) is 7.37. The van der Waals surface area contributed by atoms with Crippen molar-refractivity contribution < 1.29 is 9.84 Å². The van der Waals surface area contributed by atoms with Gasteiger partial charge in [0.15, 0.2) is 0 Å². The van der Waals surface area contributed by atoms with Gasteiger partial charge in [-0.05, 0) is 47.2 Å². The molecule has 0 aliphatic carbocycles. The molecule has 0 radical (unpaired) electrons. The molecule has 0 aromatic heterocycles. The Balaban J connectivity index is 1.62. The van der Waals surface area contributed by atoms with Crippen LogP contribution >= 0.6 is 0 Å². The van der Waals surface area contributed by atoms with Gasteiger partial charge in [0.1, 0.15) is 11.9 Å². The molecule has 0 amide bonds. The summed E-state index contributed by atoms with van der Waals surface area (Å²) >= 11 is 0. The van der Waals surface area contributed by atoms with E-state index in [1.165, 1.54) is 22.3 Å². The zero-order valence-electron chi connectivity index (χ0n) is 14.8. The van der Waals surface area contributed by atoms with E-state index in [0.29, 0.717) is 6.54 Å². The quantitative estimate of drug-likeness (QED) is 0.849. The Morgan fingerprint density at radius 1 is 1.12 bits per heavy atom. The van der Waals surface area contributed by atoms with Gasteiger partial charge in [0, 0.05) is 19.5 Å². The number of ether oxygens (including phenoxy) is 1. The van der Waals surface area contributed by atoms with Crippen molar-refractivity contribution in [3.63, 3.8) is 0 Å². The highest BCUT2D eigenvalue weighted by molar-refractivity contribution is 5.66. The van der Waals surface area contributed by atoms with E-state index in [4.69, 9.17) is 4.74 Å². The molecule has 0 fully saturated rings. The van der Waals surface area contributed by atoms with Crippen molar-refractivity contribution in [2.45, 2.75) is 45.9 Å². The normalized spacial score (nSPS) is 17.6. The number of benzene rings is 2. The van der Waals surface area contributed by atoms with Crippen LogP contribution in [0, 0.1) is 5.92 Å². The van der Waals surface area contributed by atoms with E-state index in [2.05, 4.69) is 54.7 Å². The van der Waals surface area contributed by atoms with E-state index >= 15 is 0 Å². The Kier molecular flexibility index (Phi) is 5.22. The highest BCUT2D eigenvalue weighted by Crippen LogP contribution is 2.32. The predicted molar refractivity (Wildman–Crippen MR) is 98.2 cm³/mol. The largest absolute Gasteiger partial charge is 0.490 e. The molecule has 0 saturated carbocycles. The van der Waals surface area contributed by atoms with Crippen molar-refractivity contribution in [1.82, 2.24) is 5.32 Å². The van der Waals surface area contributed by atoms with Crippen LogP contribution in [0.4, 0.5) is 0 Å². The fraction of sp³-hybridized carbons (Fsp3) is 0.429. The summed E-state index contributed by atoms with van der Waals surface area (Å²) in [5.74, 6) is 1.31. The van der Waals surface area contributed by atoms with E-state index in [1.807, 2.05) is 13.8 Å². The lowest BCUT2D eigenvalue weighted by molar-refractivity contribution is 0.123. The molecule has 2 atom stereocenters. The zero-order chi connectivity index (χ0) is 17.1. The molecule has 0 saturated heterocycles. The summed E-state index contributed by atoms with van der Waals surface area (Å²) in [6.45, 7) is 7.58. The van der Waals surface area contributed by atoms with Gasteiger partial charge in [-0.2, -0.15) is 0 Å². The molecule has 0 bridgehead atoms. The number of fused-ring (bicyclic) bond motifs is 1. The first kappa shape index (κ1) is 17.0. The van der Waals surface area contributed by atoms with E-state index in [9.17, 15) is 5.11 Å². The molecule has 3 rings (SSSR count). The molecular formula is C21H27NO2. The van der Waals surface area contributed by atoms with Gasteiger partial charge in [0.25, 0.3) is 0 Å². The summed E-state index contributed by atoms with van der Waals surface area (Å²) in [7, 11) is 0. The molecule has 1 aliphatic rings. The van der Waals surface area contributed by atoms with Crippen LogP contribution in [0.15, 0.2) is 42.5 Å². The molecule has 0 spiro atoms. The number of hydrogen-bond donors (Lipinski definition) is 2. The van der Waals surface area contributed by atoms with Gasteiger partial charge in [0.2, 0.25) is 0 Å². The molecule has 2 N–H and O–H groups in total. The van der Waals surface area contributed by atoms with Crippen molar-refractivity contribution >= 4 is 0 Å². The van der Waals surface area contributed by atoms with Crippen LogP contribution in [0.25, 0.3) is 11.1 Å². The summed E-state index contributed by atoms with van der Waals surface area (Å²) in [5.41, 5.74) is 4.99. The number of nitrogens with one attached hydrogen (secondary N) is 1. The lowest BCUT2D eigenvalue weighted by Gasteiger charge is -2.15. The first-order valence-corrected chi connectivity index (χ1v) is 8.80. The third-order valence-corrected chi connectivity index (χ3v) is 4.64. The van der Waals surface area contributed by atoms with Crippen LogP contribution in [0.1, 0.15) is 31.9 Å². The minimum atomic E-state index is -0.291. The van der Waals surface area contributed by atoms with Crippen LogP contribution in [-0.2, 0) is 13.0 Å². The second-order valence-electron chi connectivity index (χ2n) is 7.09. The molecule has 24 heavy (non-hydrogen) atoms. The lowest BCUT2D eigenvalue weighted by atomic mass is 10.00. The van der Waals surface area contributed by atoms with Gasteiger partial charge >= 0.3 is 0 Å². The van der Waals surface area contributed by atoms with Crippen LogP contribution in [0.3, 0.4) is 0 Å². The van der Waals surface area contributed by atoms with E-state index in [1.54, 1.807) is 0 Å². The van der Waals surface area contributed by atoms with Gasteiger partial charge in [-0.25, -0.2) is 0 Å². The predicted octanol–water partition coefficient (Wildman–Crippen LogP) is 3.78. The monoisotopic (exact) mass is 325 g/mol. The Bertz CT molecular complexity index is 679. The van der Waals surface area contributed by atoms with Crippen molar-refractivity contribution in [3.05, 3.63) is 53.6 Å².